The largest absolute Gasteiger partial charge is 0.364 e. The molecule has 0 aliphatic carbocycles. The number of rotatable bonds is 5. The first-order valence-corrected chi connectivity index (χ1v) is 8.92. The molecule has 3 heterocycles. The number of halogens is 1. The van der Waals surface area contributed by atoms with Gasteiger partial charge in [0.25, 0.3) is 0 Å². The first kappa shape index (κ1) is 14.7. The van der Waals surface area contributed by atoms with E-state index < -0.39 is 0 Å². The van der Waals surface area contributed by atoms with Gasteiger partial charge in [-0.25, -0.2) is 10.8 Å². The molecular formula is C13H14BrN5S2. The molecule has 3 aromatic heterocycles. The number of aromatic nitrogens is 2. The Morgan fingerprint density at radius 3 is 2.81 bits per heavy atom. The Morgan fingerprint density at radius 1 is 1.29 bits per heavy atom. The smallest absolute Gasteiger partial charge is 0.240 e. The van der Waals surface area contributed by atoms with E-state index in [1.807, 2.05) is 0 Å². The molecule has 0 amide bonds. The maximum absolute atomic E-state index is 5.46. The summed E-state index contributed by atoms with van der Waals surface area (Å²) in [7, 11) is 0. The lowest BCUT2D eigenvalue weighted by Crippen LogP contribution is -2.11. The third-order valence-electron chi connectivity index (χ3n) is 2.97. The molecule has 0 aliphatic heterocycles. The molecule has 0 saturated heterocycles. The normalized spacial score (nSPS) is 11.0. The van der Waals surface area contributed by atoms with Crippen LogP contribution >= 0.6 is 38.6 Å². The molecule has 0 aromatic carbocycles. The summed E-state index contributed by atoms with van der Waals surface area (Å²) < 4.78 is 1.10. The summed E-state index contributed by atoms with van der Waals surface area (Å²) in [6.07, 6.45) is 0.990. The van der Waals surface area contributed by atoms with Crippen molar-refractivity contribution < 1.29 is 0 Å². The highest BCUT2D eigenvalue weighted by Gasteiger charge is 2.11. The van der Waals surface area contributed by atoms with Gasteiger partial charge in [0.05, 0.1) is 11.9 Å². The van der Waals surface area contributed by atoms with Gasteiger partial charge in [0.1, 0.15) is 10.6 Å². The minimum atomic E-state index is 0.432. The number of nitrogens with one attached hydrogen (secondary N) is 2. The zero-order valence-corrected chi connectivity index (χ0v) is 14.5. The van der Waals surface area contributed by atoms with E-state index in [0.717, 1.165) is 33.5 Å². The molecule has 110 valence electrons. The van der Waals surface area contributed by atoms with Crippen molar-refractivity contribution >= 4 is 60.6 Å². The lowest BCUT2D eigenvalue weighted by molar-refractivity contribution is 1.11. The minimum Gasteiger partial charge on any atom is -0.364 e. The predicted molar refractivity (Wildman–Crippen MR) is 93.9 cm³/mol. The van der Waals surface area contributed by atoms with Crippen LogP contribution in [0.2, 0.25) is 0 Å². The molecule has 0 saturated carbocycles. The molecule has 0 spiro atoms. The van der Waals surface area contributed by atoms with Gasteiger partial charge >= 0.3 is 0 Å². The predicted octanol–water partition coefficient (Wildman–Crippen LogP) is 3.98. The molecule has 21 heavy (non-hydrogen) atoms. The van der Waals surface area contributed by atoms with Crippen LogP contribution in [0.4, 0.5) is 11.8 Å². The number of nitrogen functional groups attached to an aromatic ring is 1. The van der Waals surface area contributed by atoms with Crippen LogP contribution < -0.4 is 16.6 Å². The number of nitrogens with zero attached hydrogens (tertiary/aromatic N) is 2. The van der Waals surface area contributed by atoms with Crippen LogP contribution in [0.15, 0.2) is 22.0 Å². The molecule has 3 aromatic rings. The Balaban J connectivity index is 1.93. The second-order valence-corrected chi connectivity index (χ2v) is 7.44. The third-order valence-corrected chi connectivity index (χ3v) is 5.84. The lowest BCUT2D eigenvalue weighted by atomic mass is 10.3. The van der Waals surface area contributed by atoms with E-state index in [1.165, 1.54) is 9.75 Å². The van der Waals surface area contributed by atoms with Gasteiger partial charge in [0.15, 0.2) is 0 Å². The number of anilines is 2. The standard InChI is InChI=1S/C13H14BrN5S2/c1-2-8-4-10-11(16-5-9-3-7(14)6-20-9)17-13(19-15)18-12(10)21-8/h3-4,6H,2,5,15H2,1H3,(H2,16,17,18,19). The van der Waals surface area contributed by atoms with E-state index >= 15 is 0 Å². The number of aryl methyl sites for hydroxylation is 1. The van der Waals surface area contributed by atoms with Crippen LogP contribution in [0.25, 0.3) is 10.2 Å². The molecule has 5 nitrogen and oxygen atoms in total. The van der Waals surface area contributed by atoms with E-state index in [-0.39, 0.29) is 0 Å². The Kier molecular flexibility index (Phi) is 4.39. The molecular weight excluding hydrogens is 370 g/mol. The van der Waals surface area contributed by atoms with Crippen molar-refractivity contribution in [1.82, 2.24) is 9.97 Å². The number of hydrazine groups is 1. The van der Waals surface area contributed by atoms with E-state index in [1.54, 1.807) is 22.7 Å². The Morgan fingerprint density at radius 2 is 2.14 bits per heavy atom. The van der Waals surface area contributed by atoms with Crippen molar-refractivity contribution in [3.8, 4) is 0 Å². The van der Waals surface area contributed by atoms with E-state index in [2.05, 4.69) is 61.1 Å². The van der Waals surface area contributed by atoms with Crippen molar-refractivity contribution in [2.75, 3.05) is 10.7 Å². The van der Waals surface area contributed by atoms with Gasteiger partial charge in [-0.2, -0.15) is 4.98 Å². The van der Waals surface area contributed by atoms with Gasteiger partial charge in [-0.05, 0) is 34.5 Å². The molecule has 0 atom stereocenters. The topological polar surface area (TPSA) is 75.9 Å². The Bertz CT molecular complexity index is 767. The summed E-state index contributed by atoms with van der Waals surface area (Å²) in [5.74, 6) is 6.70. The van der Waals surface area contributed by atoms with E-state index in [9.17, 15) is 0 Å². The summed E-state index contributed by atoms with van der Waals surface area (Å²) in [5, 5.41) is 6.50. The number of fused-ring (bicyclic) bond motifs is 1. The average molecular weight is 384 g/mol. The monoisotopic (exact) mass is 383 g/mol. The van der Waals surface area contributed by atoms with Crippen LogP contribution in [0.5, 0.6) is 0 Å². The van der Waals surface area contributed by atoms with Crippen molar-refractivity contribution in [2.24, 2.45) is 5.84 Å². The van der Waals surface area contributed by atoms with Gasteiger partial charge in [-0.15, -0.1) is 22.7 Å². The van der Waals surface area contributed by atoms with Crippen LogP contribution in [0, 0.1) is 0 Å². The first-order valence-electron chi connectivity index (χ1n) is 6.43. The molecule has 3 rings (SSSR count). The van der Waals surface area contributed by atoms with E-state index in [4.69, 9.17) is 5.84 Å². The first-order chi connectivity index (χ1) is 10.2. The van der Waals surface area contributed by atoms with Crippen molar-refractivity contribution in [3.63, 3.8) is 0 Å². The molecule has 0 radical (unpaired) electrons. The summed E-state index contributed by atoms with van der Waals surface area (Å²) in [6, 6.07) is 4.25. The Hall–Kier alpha value is -1.22. The average Bonchev–Trinajstić information content (AvgIpc) is 3.10. The molecule has 0 unspecified atom stereocenters. The van der Waals surface area contributed by atoms with Crippen LogP contribution in [-0.4, -0.2) is 9.97 Å². The second-order valence-electron chi connectivity index (χ2n) is 4.41. The van der Waals surface area contributed by atoms with E-state index in [0.29, 0.717) is 5.95 Å². The summed E-state index contributed by atoms with van der Waals surface area (Å²) in [4.78, 5) is 12.3. The van der Waals surface area contributed by atoms with Gasteiger partial charge in [0.2, 0.25) is 5.95 Å². The Labute approximate surface area is 138 Å². The van der Waals surface area contributed by atoms with Crippen molar-refractivity contribution in [1.29, 1.82) is 0 Å². The van der Waals surface area contributed by atoms with Crippen LogP contribution in [-0.2, 0) is 13.0 Å². The summed E-state index contributed by atoms with van der Waals surface area (Å²) in [5.41, 5.74) is 2.53. The van der Waals surface area contributed by atoms with Gasteiger partial charge < -0.3 is 5.32 Å². The maximum Gasteiger partial charge on any atom is 0.240 e. The number of hydrogen-bond acceptors (Lipinski definition) is 7. The van der Waals surface area contributed by atoms with Crippen LogP contribution in [0.1, 0.15) is 16.7 Å². The molecule has 0 aliphatic rings. The zero-order chi connectivity index (χ0) is 14.8. The highest BCUT2D eigenvalue weighted by Crippen LogP contribution is 2.31. The number of nitrogens with two attached hydrogens (primary N) is 1. The quantitative estimate of drug-likeness (QED) is 0.458. The highest BCUT2D eigenvalue weighted by atomic mass is 79.9. The molecule has 0 fully saturated rings. The van der Waals surface area contributed by atoms with Crippen molar-refractivity contribution in [3.05, 3.63) is 31.7 Å². The SMILES string of the molecule is CCc1cc2c(NCc3cc(Br)cs3)nc(NN)nc2s1. The minimum absolute atomic E-state index is 0.432. The summed E-state index contributed by atoms with van der Waals surface area (Å²) >= 11 is 6.84. The molecule has 4 N–H and O–H groups in total. The maximum atomic E-state index is 5.46. The highest BCUT2D eigenvalue weighted by molar-refractivity contribution is 9.10. The fourth-order valence-electron chi connectivity index (χ4n) is 1.96. The number of hydrogen-bond donors (Lipinski definition) is 3. The lowest BCUT2D eigenvalue weighted by Gasteiger charge is -2.07. The van der Waals surface area contributed by atoms with Crippen LogP contribution in [0.3, 0.4) is 0 Å². The second kappa shape index (κ2) is 6.27. The fourth-order valence-corrected chi connectivity index (χ4v) is 4.32. The van der Waals surface area contributed by atoms with Gasteiger partial charge in [-0.3, -0.25) is 5.43 Å². The molecule has 8 heteroatoms. The zero-order valence-electron chi connectivity index (χ0n) is 11.3. The number of thiophene rings is 2. The van der Waals surface area contributed by atoms with Gasteiger partial charge in [-0.1, -0.05) is 6.92 Å². The molecule has 0 bridgehead atoms. The van der Waals surface area contributed by atoms with Crippen molar-refractivity contribution in [2.45, 2.75) is 19.9 Å². The third kappa shape index (κ3) is 3.18. The van der Waals surface area contributed by atoms with Gasteiger partial charge in [0, 0.05) is 19.6 Å². The fraction of sp³-hybridized carbons (Fsp3) is 0.231. The summed E-state index contributed by atoms with van der Waals surface area (Å²) in [6.45, 7) is 2.86.